The second-order valence-electron chi connectivity index (χ2n) is 5.53. The third-order valence-corrected chi connectivity index (χ3v) is 4.07. The molecule has 1 aliphatic rings. The van der Waals surface area contributed by atoms with E-state index in [1.165, 1.54) is 0 Å². The molecule has 1 unspecified atom stereocenters. The van der Waals surface area contributed by atoms with Gasteiger partial charge < -0.3 is 10.2 Å². The summed E-state index contributed by atoms with van der Waals surface area (Å²) < 4.78 is 0. The first kappa shape index (κ1) is 21.0. The summed E-state index contributed by atoms with van der Waals surface area (Å²) in [6.45, 7) is 4.31. The van der Waals surface area contributed by atoms with E-state index in [0.29, 0.717) is 13.0 Å². The SMILES string of the molecule is CCCCC(CCN1CCc2[nH][nH]c(=O)c2C1)C(=O)O.Cl.Cl. The zero-order valence-electron chi connectivity index (χ0n) is 12.8. The fourth-order valence-electron chi connectivity index (χ4n) is 2.74. The first-order chi connectivity index (χ1) is 9.61. The van der Waals surface area contributed by atoms with Gasteiger partial charge in [-0.3, -0.25) is 19.6 Å². The molecule has 1 aromatic heterocycles. The van der Waals surface area contributed by atoms with Crippen molar-refractivity contribution in [2.75, 3.05) is 13.1 Å². The lowest BCUT2D eigenvalue weighted by molar-refractivity contribution is -0.142. The van der Waals surface area contributed by atoms with Gasteiger partial charge >= 0.3 is 5.97 Å². The molecule has 22 heavy (non-hydrogen) atoms. The van der Waals surface area contributed by atoms with Crippen LogP contribution in [0.15, 0.2) is 4.79 Å². The first-order valence-electron chi connectivity index (χ1n) is 7.35. The molecule has 0 saturated heterocycles. The van der Waals surface area contributed by atoms with Crippen LogP contribution >= 0.6 is 24.8 Å². The molecule has 1 aromatic rings. The van der Waals surface area contributed by atoms with Gasteiger partial charge in [-0.05, 0) is 19.4 Å². The molecule has 6 nitrogen and oxygen atoms in total. The maximum atomic E-state index is 11.6. The third-order valence-electron chi connectivity index (χ3n) is 4.07. The highest BCUT2D eigenvalue weighted by Crippen LogP contribution is 2.17. The van der Waals surface area contributed by atoms with Crippen LogP contribution < -0.4 is 5.56 Å². The molecular formula is C14H25Cl2N3O3. The van der Waals surface area contributed by atoms with Crippen molar-refractivity contribution in [3.05, 3.63) is 21.6 Å². The van der Waals surface area contributed by atoms with E-state index in [4.69, 9.17) is 0 Å². The second-order valence-corrected chi connectivity index (χ2v) is 5.53. The van der Waals surface area contributed by atoms with Crippen molar-refractivity contribution < 1.29 is 9.90 Å². The molecule has 3 N–H and O–H groups in total. The number of aromatic amines is 2. The molecule has 0 bridgehead atoms. The summed E-state index contributed by atoms with van der Waals surface area (Å²) in [6.07, 6.45) is 4.21. The minimum Gasteiger partial charge on any atom is -0.481 e. The van der Waals surface area contributed by atoms with Gasteiger partial charge in [0.1, 0.15) is 0 Å². The van der Waals surface area contributed by atoms with E-state index in [1.54, 1.807) is 0 Å². The summed E-state index contributed by atoms with van der Waals surface area (Å²) in [7, 11) is 0. The van der Waals surface area contributed by atoms with Crippen LogP contribution in [0.4, 0.5) is 0 Å². The largest absolute Gasteiger partial charge is 0.481 e. The van der Waals surface area contributed by atoms with Gasteiger partial charge in [-0.2, -0.15) is 0 Å². The molecule has 0 aliphatic carbocycles. The van der Waals surface area contributed by atoms with Crippen LogP contribution in [0, 0.1) is 5.92 Å². The number of unbranched alkanes of at least 4 members (excludes halogenated alkanes) is 1. The highest BCUT2D eigenvalue weighted by atomic mass is 35.5. The number of hydrogen-bond donors (Lipinski definition) is 3. The van der Waals surface area contributed by atoms with Gasteiger partial charge in [0.05, 0.1) is 11.5 Å². The Balaban J connectivity index is 0.00000220. The van der Waals surface area contributed by atoms with Crippen LogP contribution in [-0.4, -0.2) is 39.3 Å². The van der Waals surface area contributed by atoms with Gasteiger partial charge in [-0.1, -0.05) is 19.8 Å². The Bertz CT molecular complexity index is 516. The Morgan fingerprint density at radius 1 is 1.32 bits per heavy atom. The fourth-order valence-corrected chi connectivity index (χ4v) is 2.74. The third kappa shape index (κ3) is 5.34. The number of carboxylic acid groups (broad SMARTS) is 1. The summed E-state index contributed by atoms with van der Waals surface area (Å²) >= 11 is 0. The second kappa shape index (κ2) is 9.92. The van der Waals surface area contributed by atoms with Crippen molar-refractivity contribution >= 4 is 30.8 Å². The molecule has 0 amide bonds. The van der Waals surface area contributed by atoms with Crippen LogP contribution in [0.3, 0.4) is 0 Å². The fraction of sp³-hybridized carbons (Fsp3) is 0.714. The molecular weight excluding hydrogens is 329 g/mol. The Kier molecular flexibility index (Phi) is 9.48. The average molecular weight is 354 g/mol. The number of nitrogens with zero attached hydrogens (tertiary/aromatic N) is 1. The predicted molar refractivity (Wildman–Crippen MR) is 90.2 cm³/mol. The molecule has 0 radical (unpaired) electrons. The lowest BCUT2D eigenvalue weighted by atomic mass is 9.98. The van der Waals surface area contributed by atoms with Gasteiger partial charge in [-0.25, -0.2) is 0 Å². The monoisotopic (exact) mass is 353 g/mol. The van der Waals surface area contributed by atoms with E-state index in [0.717, 1.165) is 50.0 Å². The van der Waals surface area contributed by atoms with E-state index in [2.05, 4.69) is 22.0 Å². The molecule has 0 aromatic carbocycles. The number of nitrogens with one attached hydrogen (secondary N) is 2. The molecule has 0 fully saturated rings. The number of aliphatic carboxylic acids is 1. The highest BCUT2D eigenvalue weighted by Gasteiger charge is 2.23. The van der Waals surface area contributed by atoms with E-state index in [-0.39, 0.29) is 36.3 Å². The number of carbonyl (C=O) groups is 1. The summed E-state index contributed by atoms with van der Waals surface area (Å²) in [5.41, 5.74) is 1.74. The number of hydrogen-bond acceptors (Lipinski definition) is 3. The molecule has 2 rings (SSSR count). The molecule has 0 spiro atoms. The number of halogens is 2. The van der Waals surface area contributed by atoms with Crippen molar-refractivity contribution in [3.8, 4) is 0 Å². The van der Waals surface area contributed by atoms with Crippen molar-refractivity contribution in [1.82, 2.24) is 15.1 Å². The van der Waals surface area contributed by atoms with Gasteiger partial charge in [0.2, 0.25) is 0 Å². The van der Waals surface area contributed by atoms with E-state index in [1.807, 2.05) is 0 Å². The summed E-state index contributed by atoms with van der Waals surface area (Å²) in [4.78, 5) is 25.0. The molecule has 0 saturated carbocycles. The molecule has 2 heterocycles. The molecule has 1 aliphatic heterocycles. The van der Waals surface area contributed by atoms with Crippen LogP contribution in [0.1, 0.15) is 43.9 Å². The quantitative estimate of drug-likeness (QED) is 0.700. The van der Waals surface area contributed by atoms with Crippen molar-refractivity contribution in [3.63, 3.8) is 0 Å². The Labute approximate surface area is 142 Å². The van der Waals surface area contributed by atoms with Crippen LogP contribution in [-0.2, 0) is 17.8 Å². The number of H-pyrrole nitrogens is 2. The van der Waals surface area contributed by atoms with Gasteiger partial charge in [0.25, 0.3) is 5.56 Å². The number of rotatable bonds is 7. The lowest BCUT2D eigenvalue weighted by Crippen LogP contribution is -2.34. The lowest BCUT2D eigenvalue weighted by Gasteiger charge is -2.27. The maximum Gasteiger partial charge on any atom is 0.306 e. The van der Waals surface area contributed by atoms with Gasteiger partial charge in [-0.15, -0.1) is 24.8 Å². The normalized spacial score (nSPS) is 15.3. The zero-order chi connectivity index (χ0) is 14.5. The van der Waals surface area contributed by atoms with E-state index >= 15 is 0 Å². The highest BCUT2D eigenvalue weighted by molar-refractivity contribution is 5.85. The van der Waals surface area contributed by atoms with Gasteiger partial charge in [0, 0.05) is 25.2 Å². The average Bonchev–Trinajstić information content (AvgIpc) is 2.80. The Morgan fingerprint density at radius 2 is 2.05 bits per heavy atom. The van der Waals surface area contributed by atoms with Crippen LogP contribution in [0.25, 0.3) is 0 Å². The Morgan fingerprint density at radius 3 is 2.68 bits per heavy atom. The molecule has 8 heteroatoms. The van der Waals surface area contributed by atoms with Crippen LogP contribution in [0.2, 0.25) is 0 Å². The summed E-state index contributed by atoms with van der Waals surface area (Å²) in [5, 5.41) is 14.7. The summed E-state index contributed by atoms with van der Waals surface area (Å²) in [6, 6.07) is 0. The molecule has 1 atom stereocenters. The summed E-state index contributed by atoms with van der Waals surface area (Å²) in [5.74, 6) is -0.962. The zero-order valence-corrected chi connectivity index (χ0v) is 14.4. The van der Waals surface area contributed by atoms with E-state index in [9.17, 15) is 14.7 Å². The smallest absolute Gasteiger partial charge is 0.306 e. The standard InChI is InChI=1S/C14H23N3O3.2ClH/c1-2-3-4-10(14(19)20)5-7-17-8-6-12-11(9-17)13(18)16-15-12;;/h10H,2-9H2,1H3,(H,19,20)(H2,15,16,18);2*1H. The minimum atomic E-state index is -0.698. The maximum absolute atomic E-state index is 11.6. The number of aromatic nitrogens is 2. The predicted octanol–water partition coefficient (Wildman–Crippen LogP) is 2.19. The minimum absolute atomic E-state index is 0. The number of fused-ring (bicyclic) bond motifs is 1. The Hall–Kier alpha value is -0.980. The number of carboxylic acids is 1. The first-order valence-corrected chi connectivity index (χ1v) is 7.35. The van der Waals surface area contributed by atoms with Crippen LogP contribution in [0.5, 0.6) is 0 Å². The van der Waals surface area contributed by atoms with Gasteiger partial charge in [0.15, 0.2) is 0 Å². The topological polar surface area (TPSA) is 89.2 Å². The van der Waals surface area contributed by atoms with Crippen molar-refractivity contribution in [2.24, 2.45) is 5.92 Å². The van der Waals surface area contributed by atoms with Crippen molar-refractivity contribution in [2.45, 2.75) is 45.6 Å². The van der Waals surface area contributed by atoms with E-state index < -0.39 is 5.97 Å². The molecule has 128 valence electrons. The van der Waals surface area contributed by atoms with Crippen molar-refractivity contribution in [1.29, 1.82) is 0 Å².